The SMILES string of the molecule is O=C(C1CCC1)N1CCc2c(nc(-c3ccncc3)[nH]c2=O)C1. The Morgan fingerprint density at radius 3 is 2.74 bits per heavy atom. The lowest BCUT2D eigenvalue weighted by atomic mass is 9.84. The van der Waals surface area contributed by atoms with E-state index in [-0.39, 0.29) is 17.4 Å². The summed E-state index contributed by atoms with van der Waals surface area (Å²) in [4.78, 5) is 38.0. The minimum Gasteiger partial charge on any atom is -0.336 e. The van der Waals surface area contributed by atoms with E-state index < -0.39 is 0 Å². The van der Waals surface area contributed by atoms with Crippen LogP contribution in [0.2, 0.25) is 0 Å². The molecule has 0 spiro atoms. The highest BCUT2D eigenvalue weighted by Crippen LogP contribution is 2.30. The molecule has 0 atom stereocenters. The van der Waals surface area contributed by atoms with Crippen molar-refractivity contribution >= 4 is 5.91 Å². The molecule has 0 aromatic carbocycles. The second kappa shape index (κ2) is 5.61. The van der Waals surface area contributed by atoms with Crippen LogP contribution in [-0.4, -0.2) is 32.3 Å². The molecule has 2 aromatic heterocycles. The summed E-state index contributed by atoms with van der Waals surface area (Å²) in [6, 6.07) is 3.62. The normalized spacial score (nSPS) is 17.5. The van der Waals surface area contributed by atoms with Crippen LogP contribution in [0.15, 0.2) is 29.3 Å². The molecule has 0 radical (unpaired) electrons. The van der Waals surface area contributed by atoms with Crippen molar-refractivity contribution in [1.82, 2.24) is 19.9 Å². The van der Waals surface area contributed by atoms with Gasteiger partial charge in [-0.1, -0.05) is 6.42 Å². The van der Waals surface area contributed by atoms with Crippen LogP contribution in [0, 0.1) is 5.92 Å². The van der Waals surface area contributed by atoms with E-state index in [1.54, 1.807) is 12.4 Å². The molecular weight excluding hydrogens is 292 g/mol. The van der Waals surface area contributed by atoms with Crippen molar-refractivity contribution in [2.24, 2.45) is 5.92 Å². The Hall–Kier alpha value is -2.50. The Morgan fingerprint density at radius 1 is 1.26 bits per heavy atom. The van der Waals surface area contributed by atoms with E-state index in [2.05, 4.69) is 15.0 Å². The maximum absolute atomic E-state index is 12.4. The summed E-state index contributed by atoms with van der Waals surface area (Å²) in [5, 5.41) is 0. The van der Waals surface area contributed by atoms with Gasteiger partial charge in [0.1, 0.15) is 5.82 Å². The quantitative estimate of drug-likeness (QED) is 0.912. The van der Waals surface area contributed by atoms with Gasteiger partial charge in [-0.15, -0.1) is 0 Å². The Balaban J connectivity index is 1.66. The first kappa shape index (κ1) is 14.1. The first-order chi connectivity index (χ1) is 11.2. The lowest BCUT2D eigenvalue weighted by Gasteiger charge is -2.34. The Morgan fingerprint density at radius 2 is 2.04 bits per heavy atom. The third-order valence-corrected chi connectivity index (χ3v) is 4.79. The number of hydrogen-bond donors (Lipinski definition) is 1. The van der Waals surface area contributed by atoms with Crippen molar-refractivity contribution in [3.63, 3.8) is 0 Å². The minimum atomic E-state index is -0.0995. The molecule has 2 aromatic rings. The van der Waals surface area contributed by atoms with Gasteiger partial charge in [0, 0.05) is 36.0 Å². The number of aromatic amines is 1. The third kappa shape index (κ3) is 2.54. The molecule has 1 saturated carbocycles. The number of aromatic nitrogens is 3. The van der Waals surface area contributed by atoms with Gasteiger partial charge in [0.25, 0.3) is 5.56 Å². The predicted octanol–water partition coefficient (Wildman–Crippen LogP) is 1.52. The lowest BCUT2D eigenvalue weighted by molar-refractivity contribution is -0.139. The maximum Gasteiger partial charge on any atom is 0.254 e. The average molecular weight is 310 g/mol. The number of nitrogens with zero attached hydrogens (tertiary/aromatic N) is 3. The van der Waals surface area contributed by atoms with Crippen molar-refractivity contribution in [1.29, 1.82) is 0 Å². The van der Waals surface area contributed by atoms with Gasteiger partial charge < -0.3 is 9.88 Å². The molecule has 6 heteroatoms. The number of carbonyl (C=O) groups excluding carboxylic acids is 1. The highest BCUT2D eigenvalue weighted by atomic mass is 16.2. The number of amides is 1. The molecule has 1 aliphatic carbocycles. The van der Waals surface area contributed by atoms with E-state index in [1.165, 1.54) is 0 Å². The molecule has 1 fully saturated rings. The molecule has 1 amide bonds. The highest BCUT2D eigenvalue weighted by molar-refractivity contribution is 5.79. The van der Waals surface area contributed by atoms with E-state index >= 15 is 0 Å². The summed E-state index contributed by atoms with van der Waals surface area (Å²) in [6.45, 7) is 1.05. The number of hydrogen-bond acceptors (Lipinski definition) is 4. The molecule has 0 saturated heterocycles. The van der Waals surface area contributed by atoms with Crippen molar-refractivity contribution < 1.29 is 4.79 Å². The summed E-state index contributed by atoms with van der Waals surface area (Å²) in [7, 11) is 0. The van der Waals surface area contributed by atoms with Crippen molar-refractivity contribution in [2.45, 2.75) is 32.2 Å². The molecule has 0 bridgehead atoms. The Labute approximate surface area is 133 Å². The average Bonchev–Trinajstić information content (AvgIpc) is 2.53. The van der Waals surface area contributed by atoms with Crippen LogP contribution < -0.4 is 5.56 Å². The Bertz CT molecular complexity index is 796. The van der Waals surface area contributed by atoms with E-state index in [0.29, 0.717) is 30.9 Å². The molecular formula is C17H18N4O2. The fraction of sp³-hybridized carbons (Fsp3) is 0.412. The number of rotatable bonds is 2. The second-order valence-corrected chi connectivity index (χ2v) is 6.21. The zero-order valence-electron chi connectivity index (χ0n) is 12.8. The van der Waals surface area contributed by atoms with Crippen LogP contribution in [0.5, 0.6) is 0 Å². The summed E-state index contributed by atoms with van der Waals surface area (Å²) in [6.07, 6.45) is 7.04. The summed E-state index contributed by atoms with van der Waals surface area (Å²) in [5.41, 5.74) is 2.15. The van der Waals surface area contributed by atoms with Gasteiger partial charge in [0.15, 0.2) is 0 Å². The van der Waals surface area contributed by atoms with Gasteiger partial charge in [-0.05, 0) is 31.4 Å². The predicted molar refractivity (Wildman–Crippen MR) is 84.6 cm³/mol. The molecule has 3 heterocycles. The fourth-order valence-corrected chi connectivity index (χ4v) is 3.19. The number of carbonyl (C=O) groups is 1. The molecule has 0 unspecified atom stereocenters. The van der Waals surface area contributed by atoms with Crippen LogP contribution in [0.4, 0.5) is 0 Å². The topological polar surface area (TPSA) is 79.0 Å². The first-order valence-electron chi connectivity index (χ1n) is 8.03. The van der Waals surface area contributed by atoms with E-state index in [4.69, 9.17) is 0 Å². The molecule has 118 valence electrons. The molecule has 1 N–H and O–H groups in total. The summed E-state index contributed by atoms with van der Waals surface area (Å²) in [5.74, 6) is 0.932. The van der Waals surface area contributed by atoms with E-state index in [0.717, 1.165) is 30.5 Å². The van der Waals surface area contributed by atoms with Crippen molar-refractivity contribution in [3.05, 3.63) is 46.1 Å². The number of fused-ring (bicyclic) bond motifs is 1. The highest BCUT2D eigenvalue weighted by Gasteiger charge is 2.32. The molecule has 4 rings (SSSR count). The van der Waals surface area contributed by atoms with Crippen molar-refractivity contribution in [3.8, 4) is 11.4 Å². The maximum atomic E-state index is 12.4. The van der Waals surface area contributed by atoms with E-state index in [1.807, 2.05) is 17.0 Å². The van der Waals surface area contributed by atoms with Crippen molar-refractivity contribution in [2.75, 3.05) is 6.54 Å². The number of nitrogens with one attached hydrogen (secondary N) is 1. The van der Waals surface area contributed by atoms with Crippen LogP contribution in [0.1, 0.15) is 30.5 Å². The smallest absolute Gasteiger partial charge is 0.254 e. The first-order valence-corrected chi connectivity index (χ1v) is 8.03. The summed E-state index contributed by atoms with van der Waals surface area (Å²) >= 11 is 0. The van der Waals surface area contributed by atoms with Gasteiger partial charge in [-0.3, -0.25) is 14.6 Å². The standard InChI is InChI=1S/C17H18N4O2/c22-16-13-6-9-21(17(23)12-2-1-3-12)10-14(13)19-15(20-16)11-4-7-18-8-5-11/h4-5,7-8,12H,1-3,6,9-10H2,(H,19,20,22). The molecule has 6 nitrogen and oxygen atoms in total. The van der Waals surface area contributed by atoms with Gasteiger partial charge in [-0.25, -0.2) is 4.98 Å². The van der Waals surface area contributed by atoms with E-state index in [9.17, 15) is 9.59 Å². The number of H-pyrrole nitrogens is 1. The molecule has 1 aliphatic heterocycles. The zero-order chi connectivity index (χ0) is 15.8. The lowest BCUT2D eigenvalue weighted by Crippen LogP contribution is -2.43. The zero-order valence-corrected chi connectivity index (χ0v) is 12.8. The minimum absolute atomic E-state index is 0.0995. The fourth-order valence-electron chi connectivity index (χ4n) is 3.19. The molecule has 2 aliphatic rings. The van der Waals surface area contributed by atoms with Crippen LogP contribution in [0.3, 0.4) is 0 Å². The third-order valence-electron chi connectivity index (χ3n) is 4.79. The van der Waals surface area contributed by atoms with Crippen LogP contribution in [-0.2, 0) is 17.8 Å². The number of pyridine rings is 1. The molecule has 23 heavy (non-hydrogen) atoms. The largest absolute Gasteiger partial charge is 0.336 e. The van der Waals surface area contributed by atoms with Gasteiger partial charge in [-0.2, -0.15) is 0 Å². The van der Waals surface area contributed by atoms with Crippen LogP contribution in [0.25, 0.3) is 11.4 Å². The second-order valence-electron chi connectivity index (χ2n) is 6.21. The van der Waals surface area contributed by atoms with Gasteiger partial charge in [0.05, 0.1) is 12.2 Å². The van der Waals surface area contributed by atoms with Gasteiger partial charge in [0.2, 0.25) is 5.91 Å². The Kier molecular flexibility index (Phi) is 3.44. The van der Waals surface area contributed by atoms with Crippen LogP contribution >= 0.6 is 0 Å². The van der Waals surface area contributed by atoms with Gasteiger partial charge >= 0.3 is 0 Å². The monoisotopic (exact) mass is 310 g/mol. The summed E-state index contributed by atoms with van der Waals surface area (Å²) < 4.78 is 0.